The maximum Gasteiger partial charge on any atom is 0.165 e. The first-order chi connectivity index (χ1) is 9.70. The largest absolute Gasteiger partial charge is 0.489 e. The zero-order valence-corrected chi connectivity index (χ0v) is 10.6. The molecule has 2 nitrogen and oxygen atoms in total. The summed E-state index contributed by atoms with van der Waals surface area (Å²) in [6.45, 7) is -0.248. The summed E-state index contributed by atoms with van der Waals surface area (Å²) in [5.74, 6) is 4.03. The molecule has 102 valence electrons. The van der Waals surface area contributed by atoms with Gasteiger partial charge in [-0.3, -0.25) is 0 Å². The molecular formula is C16H12F2O2. The standard InChI is InChI=1S/C16H12F2O2/c17-15-5-1-4-13(16(15)18)11-20-14-8-6-12(7-9-14)3-2-10-19/h1,4-9,19H,10-11H2. The molecule has 1 N–H and O–H groups in total. The lowest BCUT2D eigenvalue weighted by molar-refractivity contribution is 0.297. The Bertz CT molecular complexity index is 640. The molecule has 0 aromatic heterocycles. The molecule has 0 atom stereocenters. The molecule has 0 unspecified atom stereocenters. The summed E-state index contributed by atoms with van der Waals surface area (Å²) < 4.78 is 31.8. The summed E-state index contributed by atoms with van der Waals surface area (Å²) in [5, 5.41) is 8.58. The van der Waals surface area contributed by atoms with E-state index in [9.17, 15) is 8.78 Å². The molecular weight excluding hydrogens is 262 g/mol. The van der Waals surface area contributed by atoms with E-state index in [4.69, 9.17) is 9.84 Å². The predicted molar refractivity (Wildman–Crippen MR) is 71.1 cm³/mol. The third kappa shape index (κ3) is 3.56. The van der Waals surface area contributed by atoms with Crippen molar-refractivity contribution in [3.8, 4) is 17.6 Å². The van der Waals surface area contributed by atoms with Gasteiger partial charge in [-0.1, -0.05) is 24.0 Å². The lowest BCUT2D eigenvalue weighted by Gasteiger charge is -2.07. The molecule has 0 bridgehead atoms. The van der Waals surface area contributed by atoms with Crippen LogP contribution in [0.3, 0.4) is 0 Å². The Morgan fingerprint density at radius 3 is 2.50 bits per heavy atom. The molecule has 0 saturated carbocycles. The monoisotopic (exact) mass is 274 g/mol. The highest BCUT2D eigenvalue weighted by Crippen LogP contribution is 2.16. The number of aliphatic hydroxyl groups excluding tert-OH is 1. The van der Waals surface area contributed by atoms with Crippen LogP contribution in [0.4, 0.5) is 8.78 Å². The van der Waals surface area contributed by atoms with Crippen LogP contribution in [0.2, 0.25) is 0 Å². The van der Waals surface area contributed by atoms with E-state index < -0.39 is 11.6 Å². The molecule has 0 spiro atoms. The van der Waals surface area contributed by atoms with Crippen LogP contribution < -0.4 is 4.74 Å². The molecule has 20 heavy (non-hydrogen) atoms. The number of aliphatic hydroxyl groups is 1. The summed E-state index contributed by atoms with van der Waals surface area (Å²) in [6, 6.07) is 10.8. The molecule has 0 aliphatic carbocycles. The normalized spacial score (nSPS) is 9.75. The van der Waals surface area contributed by atoms with Gasteiger partial charge in [0.25, 0.3) is 0 Å². The van der Waals surface area contributed by atoms with Crippen molar-refractivity contribution >= 4 is 0 Å². The van der Waals surface area contributed by atoms with Crippen molar-refractivity contribution in [2.24, 2.45) is 0 Å². The van der Waals surface area contributed by atoms with Crippen LogP contribution in [0.15, 0.2) is 42.5 Å². The number of benzene rings is 2. The van der Waals surface area contributed by atoms with Crippen molar-refractivity contribution in [3.63, 3.8) is 0 Å². The first-order valence-corrected chi connectivity index (χ1v) is 5.96. The Kier molecular flexibility index (Phi) is 4.70. The minimum Gasteiger partial charge on any atom is -0.489 e. The van der Waals surface area contributed by atoms with Crippen LogP contribution in [-0.2, 0) is 6.61 Å². The van der Waals surface area contributed by atoms with Gasteiger partial charge in [-0.25, -0.2) is 8.78 Å². The van der Waals surface area contributed by atoms with Crippen molar-refractivity contribution in [1.29, 1.82) is 0 Å². The van der Waals surface area contributed by atoms with Crippen LogP contribution in [-0.4, -0.2) is 11.7 Å². The van der Waals surface area contributed by atoms with Gasteiger partial charge in [-0.05, 0) is 30.3 Å². The molecule has 0 fully saturated rings. The number of halogens is 2. The van der Waals surface area contributed by atoms with Crippen molar-refractivity contribution < 1.29 is 18.6 Å². The van der Waals surface area contributed by atoms with Gasteiger partial charge in [0.15, 0.2) is 11.6 Å². The van der Waals surface area contributed by atoms with Gasteiger partial charge in [-0.15, -0.1) is 0 Å². The molecule has 0 saturated heterocycles. The Morgan fingerprint density at radius 1 is 1.05 bits per heavy atom. The first kappa shape index (κ1) is 14.0. The van der Waals surface area contributed by atoms with Crippen molar-refractivity contribution in [2.45, 2.75) is 6.61 Å². The topological polar surface area (TPSA) is 29.5 Å². The number of rotatable bonds is 3. The third-order valence-electron chi connectivity index (χ3n) is 2.59. The summed E-state index contributed by atoms with van der Waals surface area (Å²) in [5.41, 5.74) is 0.900. The zero-order chi connectivity index (χ0) is 14.4. The lowest BCUT2D eigenvalue weighted by Crippen LogP contribution is -2.00. The Morgan fingerprint density at radius 2 is 1.80 bits per heavy atom. The molecule has 0 aliphatic heterocycles. The van der Waals surface area contributed by atoms with Crippen LogP contribution in [0.25, 0.3) is 0 Å². The van der Waals surface area contributed by atoms with Gasteiger partial charge in [0.1, 0.15) is 19.0 Å². The molecule has 2 aromatic rings. The van der Waals surface area contributed by atoms with E-state index in [2.05, 4.69) is 11.8 Å². The van der Waals surface area contributed by atoms with Gasteiger partial charge in [0, 0.05) is 11.1 Å². The average Bonchev–Trinajstić information content (AvgIpc) is 2.48. The number of hydrogen-bond acceptors (Lipinski definition) is 2. The van der Waals surface area contributed by atoms with Gasteiger partial charge < -0.3 is 9.84 Å². The number of hydrogen-bond donors (Lipinski definition) is 1. The molecule has 0 heterocycles. The van der Waals surface area contributed by atoms with E-state index in [1.54, 1.807) is 24.3 Å². The lowest BCUT2D eigenvalue weighted by atomic mass is 10.2. The maximum atomic E-state index is 13.4. The average molecular weight is 274 g/mol. The highest BCUT2D eigenvalue weighted by molar-refractivity contribution is 5.38. The Hall–Kier alpha value is -2.38. The quantitative estimate of drug-likeness (QED) is 0.872. The fourth-order valence-electron chi connectivity index (χ4n) is 1.60. The highest BCUT2D eigenvalue weighted by atomic mass is 19.2. The smallest absolute Gasteiger partial charge is 0.165 e. The van der Waals surface area contributed by atoms with Crippen LogP contribution in [0, 0.1) is 23.5 Å². The second-order valence-corrected chi connectivity index (χ2v) is 3.99. The van der Waals surface area contributed by atoms with Crippen molar-refractivity contribution in [2.75, 3.05) is 6.61 Å². The molecule has 4 heteroatoms. The number of ether oxygens (including phenoxy) is 1. The molecule has 0 amide bonds. The minimum absolute atomic E-state index is 0.0503. The minimum atomic E-state index is -0.891. The third-order valence-corrected chi connectivity index (χ3v) is 2.59. The van der Waals surface area contributed by atoms with E-state index in [1.165, 1.54) is 12.1 Å². The first-order valence-electron chi connectivity index (χ1n) is 5.96. The SMILES string of the molecule is OCC#Cc1ccc(OCc2cccc(F)c2F)cc1. The fourth-order valence-corrected chi connectivity index (χ4v) is 1.60. The molecule has 2 rings (SSSR count). The molecule has 0 radical (unpaired) electrons. The van der Waals surface area contributed by atoms with Crippen molar-refractivity contribution in [3.05, 3.63) is 65.2 Å². The predicted octanol–water partition coefficient (Wildman–Crippen LogP) is 2.89. The van der Waals surface area contributed by atoms with Gasteiger partial charge in [0.2, 0.25) is 0 Å². The second-order valence-electron chi connectivity index (χ2n) is 3.99. The van der Waals surface area contributed by atoms with Gasteiger partial charge >= 0.3 is 0 Å². The van der Waals surface area contributed by atoms with E-state index in [0.717, 1.165) is 11.6 Å². The highest BCUT2D eigenvalue weighted by Gasteiger charge is 2.07. The van der Waals surface area contributed by atoms with Crippen molar-refractivity contribution in [1.82, 2.24) is 0 Å². The second kappa shape index (κ2) is 6.69. The van der Waals surface area contributed by atoms with Crippen LogP contribution in [0.5, 0.6) is 5.75 Å². The molecule has 0 aliphatic rings. The summed E-state index contributed by atoms with van der Waals surface area (Å²) in [7, 11) is 0. The van der Waals surface area contributed by atoms with Crippen LogP contribution >= 0.6 is 0 Å². The maximum absolute atomic E-state index is 13.4. The Labute approximate surface area is 115 Å². The summed E-state index contributed by atoms with van der Waals surface area (Å²) >= 11 is 0. The van der Waals surface area contributed by atoms with Crippen LogP contribution in [0.1, 0.15) is 11.1 Å². The Balaban J connectivity index is 2.02. The molecule has 2 aromatic carbocycles. The zero-order valence-electron chi connectivity index (χ0n) is 10.6. The van der Waals surface area contributed by atoms with Gasteiger partial charge in [-0.2, -0.15) is 0 Å². The summed E-state index contributed by atoms with van der Waals surface area (Å²) in [6.07, 6.45) is 0. The summed E-state index contributed by atoms with van der Waals surface area (Å²) in [4.78, 5) is 0. The van der Waals surface area contributed by atoms with E-state index in [-0.39, 0.29) is 18.8 Å². The fraction of sp³-hybridized carbons (Fsp3) is 0.125. The van der Waals surface area contributed by atoms with E-state index in [0.29, 0.717) is 5.75 Å². The van der Waals surface area contributed by atoms with Gasteiger partial charge in [0.05, 0.1) is 0 Å². The van der Waals surface area contributed by atoms with E-state index in [1.807, 2.05) is 0 Å². The van der Waals surface area contributed by atoms with E-state index >= 15 is 0 Å².